The standard InChI is InChI=1S/C21H23ClN2O3/c1-14(25)13-24(16(3)26)12-11-17-7-4-5-10-20(17)23-21(27)18-8-6-9-19(22)15(18)2/h4-12,14,25H,13H2,1-3H3,(H,23,27)/b12-11-. The van der Waals surface area contributed by atoms with E-state index in [0.29, 0.717) is 21.8 Å². The van der Waals surface area contributed by atoms with E-state index in [4.69, 9.17) is 11.6 Å². The fourth-order valence-electron chi connectivity index (χ4n) is 2.55. The molecule has 0 heterocycles. The summed E-state index contributed by atoms with van der Waals surface area (Å²) in [4.78, 5) is 25.8. The molecule has 5 nitrogen and oxygen atoms in total. The maximum absolute atomic E-state index is 12.6. The van der Waals surface area contributed by atoms with Gasteiger partial charge in [0, 0.05) is 29.4 Å². The van der Waals surface area contributed by atoms with Crippen LogP contribution in [0.2, 0.25) is 5.02 Å². The molecule has 0 spiro atoms. The zero-order valence-corrected chi connectivity index (χ0v) is 16.3. The van der Waals surface area contributed by atoms with Crippen LogP contribution in [0.15, 0.2) is 48.7 Å². The van der Waals surface area contributed by atoms with Crippen LogP contribution in [0.25, 0.3) is 6.08 Å². The molecule has 27 heavy (non-hydrogen) atoms. The van der Waals surface area contributed by atoms with Crippen LogP contribution in [0.1, 0.15) is 35.3 Å². The summed E-state index contributed by atoms with van der Waals surface area (Å²) < 4.78 is 0. The molecule has 142 valence electrons. The van der Waals surface area contributed by atoms with Gasteiger partial charge in [-0.15, -0.1) is 0 Å². The molecule has 0 saturated carbocycles. The smallest absolute Gasteiger partial charge is 0.255 e. The van der Waals surface area contributed by atoms with Gasteiger partial charge in [-0.2, -0.15) is 0 Å². The Morgan fingerprint density at radius 3 is 2.59 bits per heavy atom. The van der Waals surface area contributed by atoms with Crippen molar-refractivity contribution in [2.45, 2.75) is 26.9 Å². The number of aliphatic hydroxyl groups is 1. The molecule has 2 rings (SSSR count). The number of aliphatic hydroxyl groups excluding tert-OH is 1. The van der Waals surface area contributed by atoms with Crippen LogP contribution in [0.3, 0.4) is 0 Å². The Kier molecular flexibility index (Phi) is 7.16. The summed E-state index contributed by atoms with van der Waals surface area (Å²) >= 11 is 6.10. The predicted molar refractivity (Wildman–Crippen MR) is 109 cm³/mol. The SMILES string of the molecule is CC(=O)N(/C=C\c1ccccc1NC(=O)c1cccc(Cl)c1C)CC(C)O. The van der Waals surface area contributed by atoms with E-state index in [1.54, 1.807) is 50.4 Å². The monoisotopic (exact) mass is 386 g/mol. The summed E-state index contributed by atoms with van der Waals surface area (Å²) in [6.07, 6.45) is 2.69. The number of anilines is 1. The van der Waals surface area contributed by atoms with Crippen LogP contribution in [0.4, 0.5) is 5.69 Å². The summed E-state index contributed by atoms with van der Waals surface area (Å²) in [6.45, 7) is 5.04. The number of halogens is 1. The molecule has 2 amide bonds. The quantitative estimate of drug-likeness (QED) is 0.785. The molecule has 0 aromatic heterocycles. The first-order valence-corrected chi connectivity index (χ1v) is 8.96. The predicted octanol–water partition coefficient (Wildman–Crippen LogP) is 4.10. The van der Waals surface area contributed by atoms with E-state index >= 15 is 0 Å². The lowest BCUT2D eigenvalue weighted by Gasteiger charge is -2.18. The van der Waals surface area contributed by atoms with Crippen molar-refractivity contribution in [2.24, 2.45) is 0 Å². The average molecular weight is 387 g/mol. The Morgan fingerprint density at radius 1 is 1.22 bits per heavy atom. The summed E-state index contributed by atoms with van der Waals surface area (Å²) in [5.41, 5.74) is 2.56. The van der Waals surface area contributed by atoms with Gasteiger partial charge in [0.25, 0.3) is 5.91 Å². The van der Waals surface area contributed by atoms with E-state index in [1.165, 1.54) is 11.8 Å². The number of nitrogens with zero attached hydrogens (tertiary/aromatic N) is 1. The van der Waals surface area contributed by atoms with E-state index in [9.17, 15) is 14.7 Å². The van der Waals surface area contributed by atoms with Crippen molar-refractivity contribution in [3.63, 3.8) is 0 Å². The first-order chi connectivity index (χ1) is 12.8. The maximum Gasteiger partial charge on any atom is 0.255 e. The van der Waals surface area contributed by atoms with E-state index in [-0.39, 0.29) is 18.4 Å². The van der Waals surface area contributed by atoms with Gasteiger partial charge in [-0.1, -0.05) is 35.9 Å². The second-order valence-corrected chi connectivity index (χ2v) is 6.70. The Bertz CT molecular complexity index is 862. The van der Waals surface area contributed by atoms with Crippen molar-refractivity contribution in [3.8, 4) is 0 Å². The number of hydrogen-bond donors (Lipinski definition) is 2. The molecule has 6 heteroatoms. The topological polar surface area (TPSA) is 69.6 Å². The Labute approximate surface area is 164 Å². The molecule has 0 bridgehead atoms. The van der Waals surface area contributed by atoms with Gasteiger partial charge < -0.3 is 15.3 Å². The van der Waals surface area contributed by atoms with E-state index < -0.39 is 6.10 Å². The fraction of sp³-hybridized carbons (Fsp3) is 0.238. The molecule has 0 saturated heterocycles. The van der Waals surface area contributed by atoms with Gasteiger partial charge in [-0.3, -0.25) is 9.59 Å². The average Bonchev–Trinajstić information content (AvgIpc) is 2.61. The third-order valence-corrected chi connectivity index (χ3v) is 4.43. The lowest BCUT2D eigenvalue weighted by molar-refractivity contribution is -0.127. The van der Waals surface area contributed by atoms with Crippen molar-refractivity contribution >= 4 is 35.2 Å². The Hall–Kier alpha value is -2.63. The second-order valence-electron chi connectivity index (χ2n) is 6.29. The second kappa shape index (κ2) is 9.35. The van der Waals surface area contributed by atoms with Gasteiger partial charge >= 0.3 is 0 Å². The molecule has 2 N–H and O–H groups in total. The van der Waals surface area contributed by atoms with E-state index in [0.717, 1.165) is 5.56 Å². The number of nitrogens with one attached hydrogen (secondary N) is 1. The van der Waals surface area contributed by atoms with E-state index in [2.05, 4.69) is 5.32 Å². The number of carbonyl (C=O) groups excluding carboxylic acids is 2. The van der Waals surface area contributed by atoms with Gasteiger partial charge in [0.15, 0.2) is 0 Å². The molecule has 0 aliphatic heterocycles. The number of carbonyl (C=O) groups is 2. The minimum Gasteiger partial charge on any atom is -0.392 e. The van der Waals surface area contributed by atoms with Crippen molar-refractivity contribution in [1.82, 2.24) is 4.90 Å². The summed E-state index contributed by atoms with van der Waals surface area (Å²) in [7, 11) is 0. The number of para-hydroxylation sites is 1. The highest BCUT2D eigenvalue weighted by atomic mass is 35.5. The number of amides is 2. The summed E-state index contributed by atoms with van der Waals surface area (Å²) in [5, 5.41) is 12.9. The maximum atomic E-state index is 12.6. The van der Waals surface area contributed by atoms with Gasteiger partial charge in [0.05, 0.1) is 12.6 Å². The van der Waals surface area contributed by atoms with Gasteiger partial charge in [0.1, 0.15) is 0 Å². The summed E-state index contributed by atoms with van der Waals surface area (Å²) in [5.74, 6) is -0.438. The normalized spacial score (nSPS) is 12.0. The van der Waals surface area contributed by atoms with Crippen LogP contribution in [-0.2, 0) is 4.79 Å². The van der Waals surface area contributed by atoms with Crippen molar-refractivity contribution in [2.75, 3.05) is 11.9 Å². The largest absolute Gasteiger partial charge is 0.392 e. The first kappa shape index (κ1) is 20.7. The van der Waals surface area contributed by atoms with Crippen LogP contribution >= 0.6 is 11.6 Å². The van der Waals surface area contributed by atoms with Crippen molar-refractivity contribution in [3.05, 3.63) is 70.4 Å². The van der Waals surface area contributed by atoms with Crippen molar-refractivity contribution in [1.29, 1.82) is 0 Å². The molecule has 0 aliphatic carbocycles. The van der Waals surface area contributed by atoms with Crippen LogP contribution in [0, 0.1) is 6.92 Å². The third kappa shape index (κ3) is 5.67. The lowest BCUT2D eigenvalue weighted by atomic mass is 10.1. The minimum absolute atomic E-state index is 0.178. The molecule has 0 fully saturated rings. The number of benzene rings is 2. The molecule has 0 aliphatic rings. The zero-order chi connectivity index (χ0) is 20.0. The molecule has 2 aromatic carbocycles. The van der Waals surface area contributed by atoms with E-state index in [1.807, 2.05) is 18.2 Å². The van der Waals surface area contributed by atoms with Gasteiger partial charge in [-0.25, -0.2) is 0 Å². The van der Waals surface area contributed by atoms with Crippen molar-refractivity contribution < 1.29 is 14.7 Å². The van der Waals surface area contributed by atoms with Crippen LogP contribution in [0.5, 0.6) is 0 Å². The summed E-state index contributed by atoms with van der Waals surface area (Å²) in [6, 6.07) is 12.5. The molecular formula is C21H23ClN2O3. The lowest BCUT2D eigenvalue weighted by Crippen LogP contribution is -2.30. The Balaban J connectivity index is 2.25. The molecule has 1 atom stereocenters. The Morgan fingerprint density at radius 2 is 1.93 bits per heavy atom. The minimum atomic E-state index is -0.640. The highest BCUT2D eigenvalue weighted by Crippen LogP contribution is 2.22. The highest BCUT2D eigenvalue weighted by molar-refractivity contribution is 6.32. The molecule has 2 aromatic rings. The number of hydrogen-bond acceptors (Lipinski definition) is 3. The molecular weight excluding hydrogens is 364 g/mol. The van der Waals surface area contributed by atoms with Crippen LogP contribution in [-0.4, -0.2) is 34.5 Å². The highest BCUT2D eigenvalue weighted by Gasteiger charge is 2.13. The van der Waals surface area contributed by atoms with Crippen LogP contribution < -0.4 is 5.32 Å². The fourth-order valence-corrected chi connectivity index (χ4v) is 2.72. The number of rotatable bonds is 6. The van der Waals surface area contributed by atoms with Gasteiger partial charge in [-0.05, 0) is 49.2 Å². The third-order valence-electron chi connectivity index (χ3n) is 4.02. The molecule has 0 radical (unpaired) electrons. The molecule has 1 unspecified atom stereocenters. The zero-order valence-electron chi connectivity index (χ0n) is 15.6. The van der Waals surface area contributed by atoms with Gasteiger partial charge in [0.2, 0.25) is 5.91 Å². The first-order valence-electron chi connectivity index (χ1n) is 8.58.